The lowest BCUT2D eigenvalue weighted by Gasteiger charge is -2.07. The van der Waals surface area contributed by atoms with Crippen molar-refractivity contribution in [2.75, 3.05) is 19.6 Å². The highest BCUT2D eigenvalue weighted by molar-refractivity contribution is 6.31. The molecule has 2 N–H and O–H groups in total. The predicted molar refractivity (Wildman–Crippen MR) is 72.9 cm³/mol. The van der Waals surface area contributed by atoms with Crippen LogP contribution in [0.1, 0.15) is 24.7 Å². The van der Waals surface area contributed by atoms with Gasteiger partial charge in [0, 0.05) is 13.1 Å². The van der Waals surface area contributed by atoms with Crippen molar-refractivity contribution in [3.63, 3.8) is 0 Å². The Morgan fingerprint density at radius 1 is 1.33 bits per heavy atom. The molecule has 0 fully saturated rings. The summed E-state index contributed by atoms with van der Waals surface area (Å²) in [5, 5.41) is 10.9. The number of halogens is 1. The third-order valence-electron chi connectivity index (χ3n) is 2.64. The van der Waals surface area contributed by atoms with Crippen molar-refractivity contribution in [3.8, 4) is 0 Å². The summed E-state index contributed by atoms with van der Waals surface area (Å²) in [7, 11) is 0. The van der Waals surface area contributed by atoms with Gasteiger partial charge >= 0.3 is 0 Å². The summed E-state index contributed by atoms with van der Waals surface area (Å²) in [6, 6.07) is 0. The van der Waals surface area contributed by atoms with Crippen molar-refractivity contribution in [1.82, 2.24) is 20.4 Å². The quantitative estimate of drug-likeness (QED) is 0.735. The summed E-state index contributed by atoms with van der Waals surface area (Å²) in [6.07, 6.45) is 1.10. The van der Waals surface area contributed by atoms with Gasteiger partial charge in [-0.05, 0) is 26.8 Å². The first-order valence-corrected chi connectivity index (χ1v) is 6.61. The minimum absolute atomic E-state index is 0.0458. The maximum atomic E-state index is 11.7. The predicted octanol–water partition coefficient (Wildman–Crippen LogP) is 1.27. The number of aromatic nitrogens is 2. The Labute approximate surface area is 113 Å². The Morgan fingerprint density at radius 2 is 2.06 bits per heavy atom. The number of hydrogen-bond acceptors (Lipinski definition) is 3. The molecule has 102 valence electrons. The molecule has 0 unspecified atom stereocenters. The molecule has 1 rings (SSSR count). The van der Waals surface area contributed by atoms with Gasteiger partial charge in [0.05, 0.1) is 16.4 Å². The third kappa shape index (κ3) is 4.31. The molecule has 5 nitrogen and oxygen atoms in total. The molecule has 0 saturated heterocycles. The highest BCUT2D eigenvalue weighted by Crippen LogP contribution is 2.18. The molecule has 0 aliphatic carbocycles. The number of hydrogen-bond donors (Lipinski definition) is 2. The summed E-state index contributed by atoms with van der Waals surface area (Å²) in [5.41, 5.74) is 1.58. The molecule has 1 aromatic heterocycles. The lowest BCUT2D eigenvalue weighted by molar-refractivity contribution is -0.121. The normalized spacial score (nSPS) is 10.7. The number of carbonyl (C=O) groups is 1. The second-order valence-electron chi connectivity index (χ2n) is 4.24. The van der Waals surface area contributed by atoms with Crippen LogP contribution in [0.3, 0.4) is 0 Å². The molecule has 0 atom stereocenters. The van der Waals surface area contributed by atoms with Crippen LogP contribution < -0.4 is 10.6 Å². The van der Waals surface area contributed by atoms with Gasteiger partial charge in [0.25, 0.3) is 0 Å². The molecule has 1 aromatic rings. The minimum Gasteiger partial charge on any atom is -0.353 e. The molecule has 0 aromatic carbocycles. The van der Waals surface area contributed by atoms with E-state index in [0.29, 0.717) is 11.6 Å². The number of nitrogens with zero attached hydrogens (tertiary/aromatic N) is 2. The van der Waals surface area contributed by atoms with Crippen LogP contribution in [0.15, 0.2) is 0 Å². The van der Waals surface area contributed by atoms with E-state index in [0.717, 1.165) is 30.9 Å². The van der Waals surface area contributed by atoms with E-state index in [1.165, 1.54) is 0 Å². The first-order valence-electron chi connectivity index (χ1n) is 6.23. The third-order valence-corrected chi connectivity index (χ3v) is 3.18. The molecule has 1 heterocycles. The van der Waals surface area contributed by atoms with E-state index in [-0.39, 0.29) is 12.5 Å². The van der Waals surface area contributed by atoms with Crippen molar-refractivity contribution in [2.24, 2.45) is 0 Å². The Bertz CT molecular complexity index is 403. The van der Waals surface area contributed by atoms with Crippen molar-refractivity contribution in [1.29, 1.82) is 0 Å². The van der Waals surface area contributed by atoms with Crippen molar-refractivity contribution >= 4 is 17.5 Å². The smallest absolute Gasteiger partial charge is 0.241 e. The van der Waals surface area contributed by atoms with E-state index < -0.39 is 0 Å². The molecular formula is C12H21ClN4O. The average molecular weight is 273 g/mol. The van der Waals surface area contributed by atoms with Gasteiger partial charge in [-0.2, -0.15) is 5.10 Å². The van der Waals surface area contributed by atoms with Crippen LogP contribution in [0.2, 0.25) is 5.02 Å². The van der Waals surface area contributed by atoms with E-state index in [1.807, 2.05) is 13.8 Å². The van der Waals surface area contributed by atoms with Crippen LogP contribution in [-0.2, 0) is 11.3 Å². The molecule has 0 aliphatic heterocycles. The van der Waals surface area contributed by atoms with Gasteiger partial charge < -0.3 is 10.6 Å². The summed E-state index contributed by atoms with van der Waals surface area (Å²) < 4.78 is 1.63. The van der Waals surface area contributed by atoms with Crippen molar-refractivity contribution < 1.29 is 4.79 Å². The number of aryl methyl sites for hydroxylation is 1. The van der Waals surface area contributed by atoms with Crippen LogP contribution in [-0.4, -0.2) is 35.3 Å². The first kappa shape index (κ1) is 15.0. The fourth-order valence-corrected chi connectivity index (χ4v) is 1.75. The first-order chi connectivity index (χ1) is 8.56. The monoisotopic (exact) mass is 272 g/mol. The zero-order chi connectivity index (χ0) is 13.5. The van der Waals surface area contributed by atoms with Gasteiger partial charge in [0.15, 0.2) is 0 Å². The SMILES string of the molecule is CCCNCCNC(=O)Cn1nc(C)c(Cl)c1C. The Hall–Kier alpha value is -1.07. The molecule has 0 bridgehead atoms. The zero-order valence-electron chi connectivity index (χ0n) is 11.2. The van der Waals surface area contributed by atoms with Gasteiger partial charge in [-0.3, -0.25) is 9.48 Å². The molecular weight excluding hydrogens is 252 g/mol. The summed E-state index contributed by atoms with van der Waals surface area (Å²) >= 11 is 6.02. The van der Waals surface area contributed by atoms with Gasteiger partial charge in [0.1, 0.15) is 6.54 Å². The topological polar surface area (TPSA) is 58.9 Å². The maximum Gasteiger partial charge on any atom is 0.241 e. The Kier molecular flexibility index (Phi) is 6.15. The standard InChI is InChI=1S/C12H21ClN4O/c1-4-5-14-6-7-15-11(18)8-17-10(3)12(13)9(2)16-17/h14H,4-8H2,1-3H3,(H,15,18). The van der Waals surface area contributed by atoms with Crippen LogP contribution in [0, 0.1) is 13.8 Å². The largest absolute Gasteiger partial charge is 0.353 e. The fourth-order valence-electron chi connectivity index (χ4n) is 1.61. The molecule has 0 saturated carbocycles. The Morgan fingerprint density at radius 3 is 2.61 bits per heavy atom. The second kappa shape index (κ2) is 7.38. The Balaban J connectivity index is 2.33. The lowest BCUT2D eigenvalue weighted by Crippen LogP contribution is -2.34. The lowest BCUT2D eigenvalue weighted by atomic mass is 10.4. The van der Waals surface area contributed by atoms with Crippen LogP contribution >= 0.6 is 11.6 Å². The number of amides is 1. The molecule has 6 heteroatoms. The molecule has 18 heavy (non-hydrogen) atoms. The van der Waals surface area contributed by atoms with Gasteiger partial charge in [-0.25, -0.2) is 0 Å². The molecule has 0 radical (unpaired) electrons. The number of nitrogens with one attached hydrogen (secondary N) is 2. The summed E-state index contributed by atoms with van der Waals surface area (Å²) in [4.78, 5) is 11.7. The van der Waals surface area contributed by atoms with Crippen LogP contribution in [0.25, 0.3) is 0 Å². The summed E-state index contributed by atoms with van der Waals surface area (Å²) in [6.45, 7) is 8.41. The van der Waals surface area contributed by atoms with Crippen LogP contribution in [0.5, 0.6) is 0 Å². The van der Waals surface area contributed by atoms with E-state index in [1.54, 1.807) is 4.68 Å². The van der Waals surface area contributed by atoms with E-state index in [4.69, 9.17) is 11.6 Å². The van der Waals surface area contributed by atoms with Gasteiger partial charge in [-0.15, -0.1) is 0 Å². The highest BCUT2D eigenvalue weighted by atomic mass is 35.5. The van der Waals surface area contributed by atoms with Gasteiger partial charge in [-0.1, -0.05) is 18.5 Å². The summed E-state index contributed by atoms with van der Waals surface area (Å²) in [5.74, 6) is -0.0458. The van der Waals surface area contributed by atoms with Crippen LogP contribution in [0.4, 0.5) is 0 Å². The maximum absolute atomic E-state index is 11.7. The van der Waals surface area contributed by atoms with E-state index in [2.05, 4.69) is 22.7 Å². The second-order valence-corrected chi connectivity index (χ2v) is 4.62. The highest BCUT2D eigenvalue weighted by Gasteiger charge is 2.11. The minimum atomic E-state index is -0.0458. The van der Waals surface area contributed by atoms with Crippen molar-refractivity contribution in [3.05, 3.63) is 16.4 Å². The fraction of sp³-hybridized carbons (Fsp3) is 0.667. The molecule has 1 amide bonds. The van der Waals surface area contributed by atoms with E-state index >= 15 is 0 Å². The molecule has 0 spiro atoms. The average Bonchev–Trinajstić information content (AvgIpc) is 2.57. The van der Waals surface area contributed by atoms with Crippen molar-refractivity contribution in [2.45, 2.75) is 33.7 Å². The van der Waals surface area contributed by atoms with Gasteiger partial charge in [0.2, 0.25) is 5.91 Å². The number of carbonyl (C=O) groups excluding carboxylic acids is 1. The zero-order valence-corrected chi connectivity index (χ0v) is 12.0. The number of rotatable bonds is 7. The molecule has 0 aliphatic rings. The van der Waals surface area contributed by atoms with E-state index in [9.17, 15) is 4.79 Å².